The van der Waals surface area contributed by atoms with Crippen LogP contribution in [-0.4, -0.2) is 20.6 Å². The number of nitro benzene ring substituents is 1. The Morgan fingerprint density at radius 2 is 2.10 bits per heavy atom. The van der Waals surface area contributed by atoms with E-state index >= 15 is 0 Å². The maximum atomic E-state index is 11.1. The van der Waals surface area contributed by atoms with Crippen LogP contribution in [0.2, 0.25) is 0 Å². The third-order valence-electron chi connectivity index (χ3n) is 2.95. The van der Waals surface area contributed by atoms with E-state index in [9.17, 15) is 14.9 Å². The zero-order chi connectivity index (χ0) is 14.9. The van der Waals surface area contributed by atoms with Gasteiger partial charge in [-0.1, -0.05) is 6.07 Å². The lowest BCUT2D eigenvalue weighted by molar-refractivity contribution is -0.385. The number of hydrogen-bond acceptors (Lipinski definition) is 3. The molecular weight excluding hydrogens is 328 g/mol. The van der Waals surface area contributed by atoms with Crippen molar-refractivity contribution >= 4 is 27.6 Å². The molecule has 0 saturated heterocycles. The molecule has 0 aliphatic heterocycles. The first-order chi connectivity index (χ1) is 9.45. The van der Waals surface area contributed by atoms with Crippen molar-refractivity contribution < 1.29 is 14.8 Å². The van der Waals surface area contributed by atoms with Gasteiger partial charge in [-0.05, 0) is 41.1 Å². The van der Waals surface area contributed by atoms with Crippen molar-refractivity contribution in [2.75, 3.05) is 0 Å². The van der Waals surface area contributed by atoms with Crippen LogP contribution in [0.5, 0.6) is 0 Å². The van der Waals surface area contributed by atoms with E-state index in [1.54, 1.807) is 22.8 Å². The Balaban J connectivity index is 2.60. The summed E-state index contributed by atoms with van der Waals surface area (Å²) in [5, 5.41) is 20.1. The fourth-order valence-electron chi connectivity index (χ4n) is 2.06. The second kappa shape index (κ2) is 5.46. The third kappa shape index (κ3) is 2.44. The highest BCUT2D eigenvalue weighted by Gasteiger charge is 2.17. The van der Waals surface area contributed by atoms with Crippen LogP contribution >= 0.6 is 15.9 Å². The van der Waals surface area contributed by atoms with Crippen LogP contribution in [0.4, 0.5) is 5.69 Å². The van der Waals surface area contributed by atoms with E-state index in [1.165, 1.54) is 12.1 Å². The number of nitrogens with zero attached hydrogens (tertiary/aromatic N) is 2. The lowest BCUT2D eigenvalue weighted by atomic mass is 10.1. The zero-order valence-corrected chi connectivity index (χ0v) is 12.1. The SMILES string of the molecule is CCn1c(C(=O)O)ccc1-c1ccc(Br)c([N+](=O)[O-])c1. The summed E-state index contributed by atoms with van der Waals surface area (Å²) in [7, 11) is 0. The molecular formula is C13H11BrN2O4. The van der Waals surface area contributed by atoms with Gasteiger partial charge in [0.1, 0.15) is 5.69 Å². The molecule has 0 aliphatic carbocycles. The largest absolute Gasteiger partial charge is 0.477 e. The van der Waals surface area contributed by atoms with Gasteiger partial charge in [-0.25, -0.2) is 4.79 Å². The standard InChI is InChI=1S/C13H11BrN2O4/c1-2-15-10(5-6-11(15)13(17)18)8-3-4-9(14)12(7-8)16(19)20/h3-7H,2H2,1H3,(H,17,18). The summed E-state index contributed by atoms with van der Waals surface area (Å²) >= 11 is 3.13. The molecule has 0 bridgehead atoms. The topological polar surface area (TPSA) is 85.4 Å². The van der Waals surface area contributed by atoms with Gasteiger partial charge in [0, 0.05) is 23.9 Å². The van der Waals surface area contributed by atoms with E-state index in [1.807, 2.05) is 6.92 Å². The first-order valence-electron chi connectivity index (χ1n) is 5.82. The quantitative estimate of drug-likeness (QED) is 0.682. The Morgan fingerprint density at radius 3 is 2.65 bits per heavy atom. The predicted molar refractivity (Wildman–Crippen MR) is 76.9 cm³/mol. The molecule has 6 nitrogen and oxygen atoms in total. The minimum atomic E-state index is -1.02. The highest BCUT2D eigenvalue weighted by Crippen LogP contribution is 2.31. The van der Waals surface area contributed by atoms with Crippen LogP contribution in [0.3, 0.4) is 0 Å². The van der Waals surface area contributed by atoms with Crippen LogP contribution in [0.15, 0.2) is 34.8 Å². The lowest BCUT2D eigenvalue weighted by Crippen LogP contribution is -2.08. The molecule has 0 spiro atoms. The second-order valence-electron chi connectivity index (χ2n) is 4.08. The fraction of sp³-hybridized carbons (Fsp3) is 0.154. The molecule has 104 valence electrons. The van der Waals surface area contributed by atoms with Crippen LogP contribution in [0.25, 0.3) is 11.3 Å². The highest BCUT2D eigenvalue weighted by molar-refractivity contribution is 9.10. The van der Waals surface area contributed by atoms with Gasteiger partial charge in [0.2, 0.25) is 0 Å². The minimum absolute atomic E-state index is 0.0526. The number of hydrogen-bond donors (Lipinski definition) is 1. The molecule has 0 saturated carbocycles. The highest BCUT2D eigenvalue weighted by atomic mass is 79.9. The first-order valence-corrected chi connectivity index (χ1v) is 6.62. The van der Waals surface area contributed by atoms with Crippen molar-refractivity contribution in [1.29, 1.82) is 0 Å². The van der Waals surface area contributed by atoms with Crippen molar-refractivity contribution in [3.63, 3.8) is 0 Å². The molecule has 0 amide bonds. The molecule has 2 aromatic rings. The Bertz CT molecular complexity index is 694. The smallest absolute Gasteiger partial charge is 0.352 e. The minimum Gasteiger partial charge on any atom is -0.477 e. The van der Waals surface area contributed by atoms with Gasteiger partial charge in [0.05, 0.1) is 9.40 Å². The number of carbonyl (C=O) groups is 1. The van der Waals surface area contributed by atoms with Gasteiger partial charge < -0.3 is 9.67 Å². The Hall–Kier alpha value is -2.15. The van der Waals surface area contributed by atoms with Gasteiger partial charge in [-0.2, -0.15) is 0 Å². The van der Waals surface area contributed by atoms with Gasteiger partial charge >= 0.3 is 5.97 Å². The van der Waals surface area contributed by atoms with Crippen LogP contribution in [0, 0.1) is 10.1 Å². The number of rotatable bonds is 4. The van der Waals surface area contributed by atoms with Crippen molar-refractivity contribution in [3.8, 4) is 11.3 Å². The molecule has 20 heavy (non-hydrogen) atoms. The average molecular weight is 339 g/mol. The number of halogens is 1. The molecule has 1 N–H and O–H groups in total. The monoisotopic (exact) mass is 338 g/mol. The molecule has 2 rings (SSSR count). The van der Waals surface area contributed by atoms with Gasteiger partial charge in [0.25, 0.3) is 5.69 Å². The fourth-order valence-corrected chi connectivity index (χ4v) is 2.45. The number of benzene rings is 1. The zero-order valence-electron chi connectivity index (χ0n) is 10.5. The van der Waals surface area contributed by atoms with Gasteiger partial charge in [-0.3, -0.25) is 10.1 Å². The Morgan fingerprint density at radius 1 is 1.40 bits per heavy atom. The average Bonchev–Trinajstić information content (AvgIpc) is 2.82. The van der Waals surface area contributed by atoms with E-state index < -0.39 is 10.9 Å². The molecule has 0 unspecified atom stereocenters. The van der Waals surface area contributed by atoms with E-state index in [0.29, 0.717) is 22.3 Å². The summed E-state index contributed by atoms with van der Waals surface area (Å²) in [5.41, 5.74) is 1.35. The maximum absolute atomic E-state index is 11.1. The van der Waals surface area contributed by atoms with Crippen molar-refractivity contribution in [2.45, 2.75) is 13.5 Å². The molecule has 0 radical (unpaired) electrons. The summed E-state index contributed by atoms with van der Waals surface area (Å²) in [6.07, 6.45) is 0. The summed E-state index contributed by atoms with van der Waals surface area (Å²) in [6.45, 7) is 2.29. The number of carboxylic acids is 1. The number of aromatic carboxylic acids is 1. The van der Waals surface area contributed by atoms with E-state index in [4.69, 9.17) is 5.11 Å². The molecule has 0 atom stereocenters. The second-order valence-corrected chi connectivity index (χ2v) is 4.93. The Labute approximate surface area is 122 Å². The van der Waals surface area contributed by atoms with E-state index in [2.05, 4.69) is 15.9 Å². The summed E-state index contributed by atoms with van der Waals surface area (Å²) in [6, 6.07) is 7.87. The van der Waals surface area contributed by atoms with Crippen molar-refractivity contribution in [2.24, 2.45) is 0 Å². The number of aromatic nitrogens is 1. The first kappa shape index (κ1) is 14.3. The molecule has 1 aromatic heterocycles. The van der Waals surface area contributed by atoms with Crippen LogP contribution in [0.1, 0.15) is 17.4 Å². The normalized spacial score (nSPS) is 10.5. The van der Waals surface area contributed by atoms with E-state index in [-0.39, 0.29) is 11.4 Å². The molecule has 0 aliphatic rings. The summed E-state index contributed by atoms with van der Waals surface area (Å²) < 4.78 is 1.99. The molecule has 1 heterocycles. The lowest BCUT2D eigenvalue weighted by Gasteiger charge is -2.09. The number of carboxylic acid groups (broad SMARTS) is 1. The summed E-state index contributed by atoms with van der Waals surface area (Å²) in [5.74, 6) is -1.02. The van der Waals surface area contributed by atoms with Crippen LogP contribution < -0.4 is 0 Å². The van der Waals surface area contributed by atoms with Crippen LogP contribution in [-0.2, 0) is 6.54 Å². The van der Waals surface area contributed by atoms with E-state index in [0.717, 1.165) is 0 Å². The van der Waals surface area contributed by atoms with Gasteiger partial charge in [-0.15, -0.1) is 0 Å². The maximum Gasteiger partial charge on any atom is 0.352 e. The molecule has 7 heteroatoms. The summed E-state index contributed by atoms with van der Waals surface area (Å²) in [4.78, 5) is 21.6. The Kier molecular flexibility index (Phi) is 3.89. The van der Waals surface area contributed by atoms with Gasteiger partial charge in [0.15, 0.2) is 0 Å². The molecule has 1 aromatic carbocycles. The third-order valence-corrected chi connectivity index (χ3v) is 3.63. The van der Waals surface area contributed by atoms with Crippen molar-refractivity contribution in [3.05, 3.63) is 50.6 Å². The molecule has 0 fully saturated rings. The predicted octanol–water partition coefficient (Wildman–Crippen LogP) is 3.54. The van der Waals surface area contributed by atoms with Crippen molar-refractivity contribution in [1.82, 2.24) is 4.57 Å². The number of nitro groups is 1.